The lowest BCUT2D eigenvalue weighted by Crippen LogP contribution is -2.07. The van der Waals surface area contributed by atoms with Gasteiger partial charge in [-0.05, 0) is 38.5 Å². The Bertz CT molecular complexity index is 1140. The number of fused-ring (bicyclic) bond motifs is 3. The monoisotopic (exact) mass is 398 g/mol. The van der Waals surface area contributed by atoms with Gasteiger partial charge in [0.25, 0.3) is 0 Å². The van der Waals surface area contributed by atoms with Crippen molar-refractivity contribution >= 4 is 40.3 Å². The topological polar surface area (TPSA) is 80.4 Å². The predicted molar refractivity (Wildman–Crippen MR) is 106 cm³/mol. The summed E-state index contributed by atoms with van der Waals surface area (Å²) in [6.45, 7) is 5.94. The fraction of sp³-hybridized carbons (Fsp3) is 0.158. The minimum atomic E-state index is -1.09. The molecule has 0 saturated heterocycles. The largest absolute Gasteiger partial charge is 0.478 e. The van der Waals surface area contributed by atoms with Crippen molar-refractivity contribution in [3.8, 4) is 5.00 Å². The number of aryl methyl sites for hydroxylation is 2. The second kappa shape index (κ2) is 6.44. The molecule has 0 aliphatic carbocycles. The number of hydrogen-bond acceptors (Lipinski definition) is 5. The van der Waals surface area contributed by atoms with E-state index in [9.17, 15) is 9.90 Å². The lowest BCUT2D eigenvalue weighted by molar-refractivity contribution is -0.131. The van der Waals surface area contributed by atoms with E-state index in [1.54, 1.807) is 23.5 Å². The second-order valence-electron chi connectivity index (χ2n) is 6.20. The molecular weight excluding hydrogens is 384 g/mol. The van der Waals surface area contributed by atoms with E-state index in [2.05, 4.69) is 17.1 Å². The molecule has 3 aromatic rings. The van der Waals surface area contributed by atoms with Gasteiger partial charge in [0, 0.05) is 21.0 Å². The molecule has 3 heterocycles. The number of carboxylic acid groups (broad SMARTS) is 1. The number of carbonyl (C=O) groups is 1. The van der Waals surface area contributed by atoms with Crippen molar-refractivity contribution in [2.45, 2.75) is 20.8 Å². The summed E-state index contributed by atoms with van der Waals surface area (Å²) >= 11 is 7.66. The van der Waals surface area contributed by atoms with Gasteiger partial charge < -0.3 is 5.11 Å². The zero-order chi connectivity index (χ0) is 19.3. The normalized spacial score (nSPS) is 14.5. The lowest BCUT2D eigenvalue weighted by atomic mass is 10.00. The molecule has 1 aliphatic rings. The number of nitrogens with zero attached hydrogens (tertiary/aromatic N) is 4. The summed E-state index contributed by atoms with van der Waals surface area (Å²) in [5, 5.41) is 19.2. The molecular formula is C19H15ClN4O2S. The van der Waals surface area contributed by atoms with Crippen molar-refractivity contribution in [3.05, 3.63) is 68.6 Å². The van der Waals surface area contributed by atoms with Gasteiger partial charge in [0.2, 0.25) is 0 Å². The first kappa shape index (κ1) is 17.6. The van der Waals surface area contributed by atoms with Crippen LogP contribution in [0.15, 0.2) is 35.3 Å². The number of aliphatic carboxylic acids is 1. The second-order valence-corrected chi connectivity index (χ2v) is 7.84. The van der Waals surface area contributed by atoms with Crippen LogP contribution in [0.4, 0.5) is 0 Å². The van der Waals surface area contributed by atoms with Crippen molar-refractivity contribution in [1.29, 1.82) is 0 Å². The summed E-state index contributed by atoms with van der Waals surface area (Å²) < 4.78 is 1.88. The third-order valence-electron chi connectivity index (χ3n) is 4.47. The third kappa shape index (κ3) is 2.89. The van der Waals surface area contributed by atoms with Crippen LogP contribution in [0.3, 0.4) is 0 Å². The molecule has 0 unspecified atom stereocenters. The molecule has 0 saturated carbocycles. The van der Waals surface area contributed by atoms with Crippen LogP contribution in [0.25, 0.3) is 10.7 Å². The number of rotatable bonds is 2. The summed E-state index contributed by atoms with van der Waals surface area (Å²) in [6, 6.07) is 7.36. The fourth-order valence-corrected chi connectivity index (χ4v) is 4.41. The molecule has 1 aliphatic heterocycles. The van der Waals surface area contributed by atoms with Gasteiger partial charge in [-0.1, -0.05) is 23.7 Å². The van der Waals surface area contributed by atoms with Crippen LogP contribution in [0.5, 0.6) is 0 Å². The molecule has 27 heavy (non-hydrogen) atoms. The maximum absolute atomic E-state index is 11.4. The fourth-order valence-electron chi connectivity index (χ4n) is 3.07. The van der Waals surface area contributed by atoms with Gasteiger partial charge >= 0.3 is 5.97 Å². The number of carboxylic acids is 1. The zero-order valence-electron chi connectivity index (χ0n) is 14.8. The Morgan fingerprint density at radius 2 is 1.89 bits per heavy atom. The summed E-state index contributed by atoms with van der Waals surface area (Å²) in [6.07, 6.45) is 1.06. The number of hydrogen-bond donors (Lipinski definition) is 1. The van der Waals surface area contributed by atoms with Gasteiger partial charge in [-0.2, -0.15) is 0 Å². The van der Waals surface area contributed by atoms with E-state index in [1.165, 1.54) is 0 Å². The number of aliphatic imine (C=N–C) groups is 1. The molecule has 0 spiro atoms. The first-order valence-corrected chi connectivity index (χ1v) is 9.38. The first-order chi connectivity index (χ1) is 12.9. The highest BCUT2D eigenvalue weighted by atomic mass is 35.5. The van der Waals surface area contributed by atoms with Gasteiger partial charge in [0.05, 0.1) is 11.8 Å². The predicted octanol–water partition coefficient (Wildman–Crippen LogP) is 4.18. The Morgan fingerprint density at radius 1 is 1.19 bits per heavy atom. The quantitative estimate of drug-likeness (QED) is 0.656. The van der Waals surface area contributed by atoms with E-state index >= 15 is 0 Å². The average Bonchev–Trinajstić information content (AvgIpc) is 3.08. The number of thiophene rings is 1. The van der Waals surface area contributed by atoms with Crippen LogP contribution in [0.1, 0.15) is 33.2 Å². The molecule has 1 aromatic carbocycles. The highest BCUT2D eigenvalue weighted by Gasteiger charge is 2.29. The van der Waals surface area contributed by atoms with E-state index in [0.29, 0.717) is 22.4 Å². The maximum atomic E-state index is 11.4. The number of halogens is 1. The SMILES string of the molecule is Cc1sc2c(c1C)C(c1ccc(Cl)cc1)=N/C(=C/C(=O)O)c1nnc(C)n1-2. The molecule has 0 amide bonds. The van der Waals surface area contributed by atoms with Crippen LogP contribution < -0.4 is 0 Å². The van der Waals surface area contributed by atoms with Gasteiger partial charge in [0.1, 0.15) is 16.5 Å². The average molecular weight is 399 g/mol. The Morgan fingerprint density at radius 3 is 2.56 bits per heavy atom. The molecule has 136 valence electrons. The maximum Gasteiger partial charge on any atom is 0.330 e. The van der Waals surface area contributed by atoms with Crippen LogP contribution in [-0.4, -0.2) is 31.6 Å². The van der Waals surface area contributed by atoms with E-state index in [0.717, 1.165) is 32.6 Å². The van der Waals surface area contributed by atoms with Gasteiger partial charge in [-0.25, -0.2) is 9.79 Å². The van der Waals surface area contributed by atoms with E-state index in [1.807, 2.05) is 30.5 Å². The molecule has 0 radical (unpaired) electrons. The van der Waals surface area contributed by atoms with E-state index in [-0.39, 0.29) is 5.70 Å². The van der Waals surface area contributed by atoms with Gasteiger partial charge in [0.15, 0.2) is 5.82 Å². The molecule has 6 nitrogen and oxygen atoms in total. The minimum Gasteiger partial charge on any atom is -0.478 e. The van der Waals surface area contributed by atoms with Crippen LogP contribution >= 0.6 is 22.9 Å². The minimum absolute atomic E-state index is 0.258. The third-order valence-corrected chi connectivity index (χ3v) is 5.92. The molecule has 1 N–H and O–H groups in total. The number of benzene rings is 1. The van der Waals surface area contributed by atoms with E-state index in [4.69, 9.17) is 16.6 Å². The van der Waals surface area contributed by atoms with Crippen molar-refractivity contribution in [3.63, 3.8) is 0 Å². The number of aromatic nitrogens is 3. The molecule has 0 atom stereocenters. The molecule has 0 fully saturated rings. The standard InChI is InChI=1S/C19H15ClN4O2S/c1-9-10(2)27-19-16(9)17(12-4-6-13(20)7-5-12)21-14(8-15(25)26)18-23-22-11(3)24(18)19/h4-8H,1-3H3,(H,25,26)/b14-8+. The van der Waals surface area contributed by atoms with Crippen LogP contribution in [-0.2, 0) is 4.79 Å². The highest BCUT2D eigenvalue weighted by Crippen LogP contribution is 2.38. The molecule has 4 rings (SSSR count). The van der Waals surface area contributed by atoms with Crippen molar-refractivity contribution in [2.75, 3.05) is 0 Å². The molecule has 2 aromatic heterocycles. The molecule has 0 bridgehead atoms. The highest BCUT2D eigenvalue weighted by molar-refractivity contribution is 7.15. The zero-order valence-corrected chi connectivity index (χ0v) is 16.4. The van der Waals surface area contributed by atoms with Crippen molar-refractivity contribution in [1.82, 2.24) is 14.8 Å². The smallest absolute Gasteiger partial charge is 0.330 e. The van der Waals surface area contributed by atoms with E-state index < -0.39 is 5.97 Å². The summed E-state index contributed by atoms with van der Waals surface area (Å²) in [5.74, 6) is 0.00674. The Kier molecular flexibility index (Phi) is 4.20. The van der Waals surface area contributed by atoms with Crippen LogP contribution in [0.2, 0.25) is 5.02 Å². The van der Waals surface area contributed by atoms with Gasteiger partial charge in [-0.3, -0.25) is 4.57 Å². The first-order valence-electron chi connectivity index (χ1n) is 8.19. The Labute approximate surface area is 164 Å². The van der Waals surface area contributed by atoms with Crippen molar-refractivity contribution < 1.29 is 9.90 Å². The Hall–Kier alpha value is -2.77. The summed E-state index contributed by atoms with van der Waals surface area (Å²) in [5.41, 5.74) is 3.86. The van der Waals surface area contributed by atoms with Crippen LogP contribution in [0, 0.1) is 20.8 Å². The summed E-state index contributed by atoms with van der Waals surface area (Å²) in [7, 11) is 0. The van der Waals surface area contributed by atoms with Gasteiger partial charge in [-0.15, -0.1) is 21.5 Å². The summed E-state index contributed by atoms with van der Waals surface area (Å²) in [4.78, 5) is 17.3. The Balaban J connectivity index is 2.10. The molecule has 8 heteroatoms. The lowest BCUT2D eigenvalue weighted by Gasteiger charge is -2.09. The van der Waals surface area contributed by atoms with Crippen molar-refractivity contribution in [2.24, 2.45) is 4.99 Å².